The van der Waals surface area contributed by atoms with E-state index in [0.717, 1.165) is 55.8 Å². The largest absolute Gasteiger partial charge is 0.396 e. The van der Waals surface area contributed by atoms with E-state index in [9.17, 15) is 4.79 Å². The Bertz CT molecular complexity index is 879. The topological polar surface area (TPSA) is 53.0 Å². The van der Waals surface area contributed by atoms with Crippen molar-refractivity contribution >= 4 is 17.7 Å². The van der Waals surface area contributed by atoms with E-state index in [0.29, 0.717) is 19.7 Å². The summed E-state index contributed by atoms with van der Waals surface area (Å²) in [4.78, 5) is 18.5. The van der Waals surface area contributed by atoms with Gasteiger partial charge in [-0.05, 0) is 55.2 Å². The highest BCUT2D eigenvalue weighted by Gasteiger charge is 2.41. The van der Waals surface area contributed by atoms with Crippen molar-refractivity contribution in [3.8, 4) is 0 Å². The Morgan fingerprint density at radius 2 is 1.87 bits per heavy atom. The lowest BCUT2D eigenvalue weighted by Crippen LogP contribution is -2.58. The molecule has 2 fully saturated rings. The molecule has 5 nitrogen and oxygen atoms in total. The fraction of sp³-hybridized carbons (Fsp3) is 0.520. The predicted octanol–water partition coefficient (Wildman–Crippen LogP) is 3.15. The van der Waals surface area contributed by atoms with E-state index >= 15 is 0 Å². The normalized spacial score (nSPS) is 21.2. The molecule has 2 saturated heterocycles. The summed E-state index contributed by atoms with van der Waals surface area (Å²) in [5, 5.41) is 11.0. The van der Waals surface area contributed by atoms with Crippen molar-refractivity contribution in [1.29, 1.82) is 0 Å². The molecular formula is C25H32N2O3S. The summed E-state index contributed by atoms with van der Waals surface area (Å²) in [5.74, 6) is 0.0993. The maximum absolute atomic E-state index is 13.0. The van der Waals surface area contributed by atoms with Gasteiger partial charge in [-0.3, -0.25) is 4.79 Å². The van der Waals surface area contributed by atoms with Crippen molar-refractivity contribution in [3.05, 3.63) is 63.1 Å². The first-order chi connectivity index (χ1) is 15.1. The van der Waals surface area contributed by atoms with E-state index in [-0.39, 0.29) is 18.1 Å². The Kier molecular flexibility index (Phi) is 7.36. The SMILES string of the molecule is CC1=C=CC(C(=O)N2CCOC3(CCN(CCc4ccc(CCO)cc4)CC3)C2)=CS1. The zero-order valence-electron chi connectivity index (χ0n) is 18.3. The van der Waals surface area contributed by atoms with Gasteiger partial charge in [0.15, 0.2) is 0 Å². The first-order valence-corrected chi connectivity index (χ1v) is 12.1. The summed E-state index contributed by atoms with van der Waals surface area (Å²) in [6, 6.07) is 8.58. The molecule has 1 spiro atoms. The van der Waals surface area contributed by atoms with Crippen LogP contribution in [0.15, 0.2) is 52.0 Å². The zero-order valence-corrected chi connectivity index (χ0v) is 19.1. The number of aliphatic hydroxyl groups is 1. The van der Waals surface area contributed by atoms with Gasteiger partial charge in [0, 0.05) is 37.7 Å². The number of ether oxygens (including phenoxy) is 1. The van der Waals surface area contributed by atoms with Crippen LogP contribution in [0.1, 0.15) is 30.9 Å². The van der Waals surface area contributed by atoms with Crippen LogP contribution >= 0.6 is 11.8 Å². The third-order valence-corrected chi connectivity index (χ3v) is 7.33. The molecular weight excluding hydrogens is 408 g/mol. The van der Waals surface area contributed by atoms with E-state index in [2.05, 4.69) is 34.9 Å². The van der Waals surface area contributed by atoms with Crippen molar-refractivity contribution in [1.82, 2.24) is 9.80 Å². The van der Waals surface area contributed by atoms with Gasteiger partial charge < -0.3 is 19.6 Å². The van der Waals surface area contributed by atoms with Crippen LogP contribution in [0.3, 0.4) is 0 Å². The number of thioether (sulfide) groups is 1. The molecule has 3 aliphatic heterocycles. The minimum atomic E-state index is -0.200. The Morgan fingerprint density at radius 3 is 2.52 bits per heavy atom. The number of likely N-dealkylation sites (tertiary alicyclic amines) is 1. The van der Waals surface area contributed by atoms with Crippen LogP contribution in [0.5, 0.6) is 0 Å². The molecule has 1 N–H and O–H groups in total. The van der Waals surface area contributed by atoms with Gasteiger partial charge in [-0.2, -0.15) is 0 Å². The number of piperidine rings is 1. The van der Waals surface area contributed by atoms with Crippen molar-refractivity contribution < 1.29 is 14.6 Å². The molecule has 3 heterocycles. The molecule has 1 aromatic rings. The lowest BCUT2D eigenvalue weighted by Gasteiger charge is -2.47. The molecule has 4 rings (SSSR count). The monoisotopic (exact) mass is 440 g/mol. The number of rotatable bonds is 6. The van der Waals surface area contributed by atoms with E-state index in [1.807, 2.05) is 23.3 Å². The van der Waals surface area contributed by atoms with Crippen molar-refractivity contribution in [3.63, 3.8) is 0 Å². The number of aliphatic hydroxyl groups excluding tert-OH is 1. The minimum Gasteiger partial charge on any atom is -0.396 e. The van der Waals surface area contributed by atoms with Crippen LogP contribution < -0.4 is 0 Å². The molecule has 0 bridgehead atoms. The molecule has 0 radical (unpaired) electrons. The maximum Gasteiger partial charge on any atom is 0.255 e. The van der Waals surface area contributed by atoms with E-state index in [4.69, 9.17) is 9.84 Å². The smallest absolute Gasteiger partial charge is 0.255 e. The summed E-state index contributed by atoms with van der Waals surface area (Å²) >= 11 is 1.57. The van der Waals surface area contributed by atoms with Gasteiger partial charge in [0.25, 0.3) is 5.91 Å². The average Bonchev–Trinajstić information content (AvgIpc) is 2.80. The van der Waals surface area contributed by atoms with E-state index in [1.54, 1.807) is 11.8 Å². The zero-order chi connectivity index (χ0) is 21.7. The summed E-state index contributed by atoms with van der Waals surface area (Å²) < 4.78 is 6.24. The van der Waals surface area contributed by atoms with Crippen molar-refractivity contribution in [2.24, 2.45) is 0 Å². The Balaban J connectivity index is 1.27. The number of carbonyl (C=O) groups excluding carboxylic acids is 1. The number of morpholine rings is 1. The number of carbonyl (C=O) groups is 1. The lowest BCUT2D eigenvalue weighted by atomic mass is 9.89. The number of benzene rings is 1. The van der Waals surface area contributed by atoms with Crippen LogP contribution in [0.2, 0.25) is 0 Å². The standard InChI is InChI=1S/C25H32N2O3S/c1-20-2-7-23(18-31-20)24(29)27-15-17-30-25(19-27)10-13-26(14-11-25)12-8-21-3-5-22(6-4-21)9-16-28/h3-7,18,28H,8-17,19H2,1H3. The van der Waals surface area contributed by atoms with Gasteiger partial charge in [-0.25, -0.2) is 0 Å². The summed E-state index contributed by atoms with van der Waals surface area (Å²) in [7, 11) is 0. The predicted molar refractivity (Wildman–Crippen MR) is 125 cm³/mol. The van der Waals surface area contributed by atoms with Crippen LogP contribution in [0, 0.1) is 0 Å². The van der Waals surface area contributed by atoms with Gasteiger partial charge in [-0.15, -0.1) is 5.73 Å². The highest BCUT2D eigenvalue weighted by Crippen LogP contribution is 2.31. The molecule has 0 saturated carbocycles. The first-order valence-electron chi connectivity index (χ1n) is 11.2. The van der Waals surface area contributed by atoms with E-state index in [1.165, 1.54) is 11.1 Å². The van der Waals surface area contributed by atoms with E-state index < -0.39 is 0 Å². The molecule has 0 aliphatic carbocycles. The quantitative estimate of drug-likeness (QED) is 0.689. The number of hydrogen-bond donors (Lipinski definition) is 1. The van der Waals surface area contributed by atoms with Gasteiger partial charge >= 0.3 is 0 Å². The molecule has 1 aromatic carbocycles. The second-order valence-electron chi connectivity index (χ2n) is 8.68. The third kappa shape index (κ3) is 5.71. The van der Waals surface area contributed by atoms with Crippen molar-refractivity contribution in [2.75, 3.05) is 45.9 Å². The van der Waals surface area contributed by atoms with Crippen LogP contribution in [-0.2, 0) is 22.4 Å². The Morgan fingerprint density at radius 1 is 1.16 bits per heavy atom. The highest BCUT2D eigenvalue weighted by molar-refractivity contribution is 8.05. The van der Waals surface area contributed by atoms with Crippen LogP contribution in [0.4, 0.5) is 0 Å². The molecule has 6 heteroatoms. The fourth-order valence-corrected chi connectivity index (χ4v) is 5.09. The molecule has 166 valence electrons. The number of nitrogens with zero attached hydrogens (tertiary/aromatic N) is 2. The fourth-order valence-electron chi connectivity index (χ4n) is 4.49. The van der Waals surface area contributed by atoms with Gasteiger partial charge in [-0.1, -0.05) is 36.0 Å². The molecule has 3 aliphatic rings. The summed E-state index contributed by atoms with van der Waals surface area (Å²) in [5.41, 5.74) is 6.21. The minimum absolute atomic E-state index is 0.0993. The Labute approximate surface area is 189 Å². The van der Waals surface area contributed by atoms with Gasteiger partial charge in [0.2, 0.25) is 0 Å². The van der Waals surface area contributed by atoms with Crippen LogP contribution in [-0.4, -0.2) is 72.4 Å². The summed E-state index contributed by atoms with van der Waals surface area (Å²) in [6.07, 6.45) is 5.50. The first kappa shape index (κ1) is 22.4. The second-order valence-corrected chi connectivity index (χ2v) is 9.76. The van der Waals surface area contributed by atoms with Gasteiger partial charge in [0.05, 0.1) is 24.3 Å². The molecule has 0 aromatic heterocycles. The summed E-state index contributed by atoms with van der Waals surface area (Å²) in [6.45, 7) is 7.21. The van der Waals surface area contributed by atoms with Crippen molar-refractivity contribution in [2.45, 2.75) is 38.2 Å². The average molecular weight is 441 g/mol. The Hall–Kier alpha value is -1.82. The third-order valence-electron chi connectivity index (χ3n) is 6.48. The number of amides is 1. The molecule has 0 unspecified atom stereocenters. The second kappa shape index (κ2) is 10.2. The number of hydrogen-bond acceptors (Lipinski definition) is 5. The molecule has 31 heavy (non-hydrogen) atoms. The maximum atomic E-state index is 13.0. The molecule has 0 atom stereocenters. The van der Waals surface area contributed by atoms with Gasteiger partial charge in [0.1, 0.15) is 0 Å². The molecule has 1 amide bonds. The highest BCUT2D eigenvalue weighted by atomic mass is 32.2. The lowest BCUT2D eigenvalue weighted by molar-refractivity contribution is -0.156. The van der Waals surface area contributed by atoms with Crippen LogP contribution in [0.25, 0.3) is 0 Å².